The molecule has 2 N–H and O–H groups in total. The second kappa shape index (κ2) is 4.75. The van der Waals surface area contributed by atoms with Gasteiger partial charge in [-0.3, -0.25) is 5.10 Å². The number of anilines is 1. The molecule has 0 atom stereocenters. The van der Waals surface area contributed by atoms with Crippen molar-refractivity contribution in [2.45, 2.75) is 25.9 Å². The molecule has 0 aliphatic carbocycles. The summed E-state index contributed by atoms with van der Waals surface area (Å²) in [4.78, 5) is 0. The summed E-state index contributed by atoms with van der Waals surface area (Å²) >= 11 is 0. The highest BCUT2D eigenvalue weighted by molar-refractivity contribution is 5.90. The number of hydrogen-bond donors (Lipinski definition) is 2. The molecule has 92 valence electrons. The molecule has 1 aromatic heterocycles. The summed E-state index contributed by atoms with van der Waals surface area (Å²) in [6.45, 7) is 5.06. The maximum absolute atomic E-state index is 5.39. The molecular weight excluding hydrogens is 214 g/mol. The van der Waals surface area contributed by atoms with Crippen LogP contribution in [0.3, 0.4) is 0 Å². The first kappa shape index (κ1) is 11.9. The summed E-state index contributed by atoms with van der Waals surface area (Å²) in [7, 11) is 1.75. The van der Waals surface area contributed by atoms with Crippen molar-refractivity contribution in [3.8, 4) is 0 Å². The van der Waals surface area contributed by atoms with E-state index in [4.69, 9.17) is 4.74 Å². The van der Waals surface area contributed by atoms with E-state index >= 15 is 0 Å². The van der Waals surface area contributed by atoms with Crippen molar-refractivity contribution in [3.05, 3.63) is 24.4 Å². The highest BCUT2D eigenvalue weighted by Crippen LogP contribution is 2.21. The monoisotopic (exact) mass is 233 g/mol. The Kier molecular flexibility index (Phi) is 3.33. The van der Waals surface area contributed by atoms with Gasteiger partial charge in [0.25, 0.3) is 0 Å². The van der Waals surface area contributed by atoms with Gasteiger partial charge in [-0.05, 0) is 32.4 Å². The molecule has 17 heavy (non-hydrogen) atoms. The van der Waals surface area contributed by atoms with Crippen LogP contribution in [0.15, 0.2) is 24.4 Å². The Labute approximate surface area is 101 Å². The van der Waals surface area contributed by atoms with Gasteiger partial charge in [-0.1, -0.05) is 6.07 Å². The summed E-state index contributed by atoms with van der Waals surface area (Å²) in [6, 6.07) is 6.11. The fourth-order valence-corrected chi connectivity index (χ4v) is 1.72. The zero-order valence-corrected chi connectivity index (χ0v) is 10.6. The minimum atomic E-state index is -0.0860. The minimum Gasteiger partial charge on any atom is -0.384 e. The number of aromatic nitrogens is 2. The number of ether oxygens (including phenoxy) is 1. The average Bonchev–Trinajstić information content (AvgIpc) is 2.78. The number of aromatic amines is 1. The SMILES string of the molecule is COC(C)(C)CCNc1cccc2[nH]ncc12. The summed E-state index contributed by atoms with van der Waals surface area (Å²) in [5, 5.41) is 11.6. The fraction of sp³-hybridized carbons (Fsp3) is 0.462. The lowest BCUT2D eigenvalue weighted by molar-refractivity contribution is 0.0185. The third kappa shape index (κ3) is 2.77. The van der Waals surface area contributed by atoms with Gasteiger partial charge in [-0.25, -0.2) is 0 Å². The molecule has 1 aromatic carbocycles. The van der Waals surface area contributed by atoms with Crippen LogP contribution in [0, 0.1) is 0 Å². The maximum Gasteiger partial charge on any atom is 0.0671 e. The van der Waals surface area contributed by atoms with Crippen LogP contribution in [0.1, 0.15) is 20.3 Å². The Hall–Kier alpha value is -1.55. The smallest absolute Gasteiger partial charge is 0.0671 e. The van der Waals surface area contributed by atoms with Gasteiger partial charge in [0.2, 0.25) is 0 Å². The first-order chi connectivity index (χ1) is 8.12. The van der Waals surface area contributed by atoms with E-state index in [-0.39, 0.29) is 5.60 Å². The van der Waals surface area contributed by atoms with Crippen LogP contribution in [-0.2, 0) is 4.74 Å². The molecule has 0 aliphatic rings. The zero-order chi connectivity index (χ0) is 12.3. The lowest BCUT2D eigenvalue weighted by Crippen LogP contribution is -2.25. The predicted octanol–water partition coefficient (Wildman–Crippen LogP) is 2.79. The highest BCUT2D eigenvalue weighted by Gasteiger charge is 2.15. The van der Waals surface area contributed by atoms with Crippen LogP contribution >= 0.6 is 0 Å². The Morgan fingerprint density at radius 1 is 1.41 bits per heavy atom. The molecule has 0 radical (unpaired) electrons. The molecule has 1 heterocycles. The van der Waals surface area contributed by atoms with Crippen LogP contribution in [-0.4, -0.2) is 29.5 Å². The van der Waals surface area contributed by atoms with Gasteiger partial charge >= 0.3 is 0 Å². The summed E-state index contributed by atoms with van der Waals surface area (Å²) in [5.41, 5.74) is 2.08. The average molecular weight is 233 g/mol. The lowest BCUT2D eigenvalue weighted by atomic mass is 10.1. The summed E-state index contributed by atoms with van der Waals surface area (Å²) in [5.74, 6) is 0. The molecule has 0 amide bonds. The van der Waals surface area contributed by atoms with Crippen LogP contribution < -0.4 is 5.32 Å². The second-order valence-corrected chi connectivity index (χ2v) is 4.78. The largest absolute Gasteiger partial charge is 0.384 e. The molecule has 2 aromatic rings. The number of H-pyrrole nitrogens is 1. The van der Waals surface area contributed by atoms with Crippen molar-refractivity contribution in [2.75, 3.05) is 19.0 Å². The lowest BCUT2D eigenvalue weighted by Gasteiger charge is -2.23. The number of methoxy groups -OCH3 is 1. The molecule has 0 spiro atoms. The molecule has 0 aliphatic heterocycles. The molecule has 0 saturated carbocycles. The van der Waals surface area contributed by atoms with E-state index < -0.39 is 0 Å². The van der Waals surface area contributed by atoms with Gasteiger partial charge < -0.3 is 10.1 Å². The van der Waals surface area contributed by atoms with Crippen molar-refractivity contribution in [1.29, 1.82) is 0 Å². The van der Waals surface area contributed by atoms with Crippen molar-refractivity contribution < 1.29 is 4.74 Å². The first-order valence-corrected chi connectivity index (χ1v) is 5.83. The number of nitrogens with zero attached hydrogens (tertiary/aromatic N) is 1. The van der Waals surface area contributed by atoms with Crippen LogP contribution in [0.5, 0.6) is 0 Å². The van der Waals surface area contributed by atoms with E-state index in [1.54, 1.807) is 7.11 Å². The van der Waals surface area contributed by atoms with Crippen molar-refractivity contribution in [3.63, 3.8) is 0 Å². The molecule has 4 nitrogen and oxygen atoms in total. The Morgan fingerprint density at radius 2 is 2.24 bits per heavy atom. The third-order valence-electron chi connectivity index (χ3n) is 3.08. The van der Waals surface area contributed by atoms with Gasteiger partial charge in [-0.15, -0.1) is 0 Å². The number of hydrogen-bond acceptors (Lipinski definition) is 3. The van der Waals surface area contributed by atoms with E-state index in [2.05, 4.69) is 35.4 Å². The quantitative estimate of drug-likeness (QED) is 0.835. The fourth-order valence-electron chi connectivity index (χ4n) is 1.72. The molecule has 2 rings (SSSR count). The van der Waals surface area contributed by atoms with Crippen LogP contribution in [0.4, 0.5) is 5.69 Å². The number of nitrogens with one attached hydrogen (secondary N) is 2. The Balaban J connectivity index is 2.02. The van der Waals surface area contributed by atoms with E-state index in [1.807, 2.05) is 18.3 Å². The molecular formula is C13H19N3O. The third-order valence-corrected chi connectivity index (χ3v) is 3.08. The number of benzene rings is 1. The molecule has 0 fully saturated rings. The second-order valence-electron chi connectivity index (χ2n) is 4.78. The van der Waals surface area contributed by atoms with Crippen molar-refractivity contribution in [2.24, 2.45) is 0 Å². The highest BCUT2D eigenvalue weighted by atomic mass is 16.5. The topological polar surface area (TPSA) is 49.9 Å². The van der Waals surface area contributed by atoms with E-state index in [1.165, 1.54) is 0 Å². The van der Waals surface area contributed by atoms with Crippen molar-refractivity contribution >= 4 is 16.6 Å². The van der Waals surface area contributed by atoms with Gasteiger partial charge in [0.15, 0.2) is 0 Å². The van der Waals surface area contributed by atoms with E-state index in [0.29, 0.717) is 0 Å². The first-order valence-electron chi connectivity index (χ1n) is 5.83. The number of fused-ring (bicyclic) bond motifs is 1. The summed E-state index contributed by atoms with van der Waals surface area (Å²) in [6.07, 6.45) is 2.80. The maximum atomic E-state index is 5.39. The minimum absolute atomic E-state index is 0.0860. The van der Waals surface area contributed by atoms with Gasteiger partial charge in [0.05, 0.1) is 17.3 Å². The predicted molar refractivity (Wildman–Crippen MR) is 70.3 cm³/mol. The van der Waals surface area contributed by atoms with Crippen LogP contribution in [0.25, 0.3) is 10.9 Å². The molecule has 0 saturated heterocycles. The molecule has 0 unspecified atom stereocenters. The van der Waals surface area contributed by atoms with Gasteiger partial charge in [-0.2, -0.15) is 5.10 Å². The normalized spacial score (nSPS) is 11.9. The van der Waals surface area contributed by atoms with E-state index in [9.17, 15) is 0 Å². The molecule has 4 heteroatoms. The number of rotatable bonds is 5. The zero-order valence-electron chi connectivity index (χ0n) is 10.6. The Bertz CT molecular complexity index is 490. The molecule has 0 bridgehead atoms. The standard InChI is InChI=1S/C13H19N3O/c1-13(2,17-3)7-8-14-11-5-4-6-12-10(11)9-15-16-12/h4-6,9,14H,7-8H2,1-3H3,(H,15,16). The Morgan fingerprint density at radius 3 is 3.00 bits per heavy atom. The van der Waals surface area contributed by atoms with E-state index in [0.717, 1.165) is 29.6 Å². The van der Waals surface area contributed by atoms with Gasteiger partial charge in [0.1, 0.15) is 0 Å². The van der Waals surface area contributed by atoms with Gasteiger partial charge in [0, 0.05) is 24.7 Å². The van der Waals surface area contributed by atoms with Crippen molar-refractivity contribution in [1.82, 2.24) is 10.2 Å². The summed E-state index contributed by atoms with van der Waals surface area (Å²) < 4.78 is 5.39. The van der Waals surface area contributed by atoms with Crippen LogP contribution in [0.2, 0.25) is 0 Å².